The van der Waals surface area contributed by atoms with Crippen LogP contribution >= 0.6 is 0 Å². The summed E-state index contributed by atoms with van der Waals surface area (Å²) < 4.78 is 361. The molecule has 0 amide bonds. The molecule has 0 aromatic heterocycles. The second-order valence-corrected chi connectivity index (χ2v) is 19.4. The summed E-state index contributed by atoms with van der Waals surface area (Å²) in [7, 11) is 1.46. The van der Waals surface area contributed by atoms with Crippen LogP contribution in [-0.2, 0) is 80.5 Å². The number of ether oxygens (including phenoxy) is 17. The first-order valence-corrected chi connectivity index (χ1v) is 30.6. The average molecular weight is 1500 g/mol. The molecule has 8 saturated heterocycles. The Kier molecular flexibility index (Phi) is 54.4. The summed E-state index contributed by atoms with van der Waals surface area (Å²) in [5.74, 6) is 0. The Hall–Kier alpha value is -2.40. The molecule has 42 heteroatoms. The van der Waals surface area contributed by atoms with Crippen molar-refractivity contribution in [1.29, 1.82) is 0 Å². The lowest BCUT2D eigenvalue weighted by atomic mass is 10.3. The first-order valence-electron chi connectivity index (χ1n) is 30.6. The van der Waals surface area contributed by atoms with Gasteiger partial charge >= 0.3 is 49.4 Å². The number of rotatable bonds is 9. The van der Waals surface area contributed by atoms with E-state index in [4.69, 9.17) is 57.2 Å². The zero-order chi connectivity index (χ0) is 75.0. The molecular formula is C55H92F24O18. The van der Waals surface area contributed by atoms with Gasteiger partial charge in [-0.25, -0.2) is 0 Å². The van der Waals surface area contributed by atoms with Crippen LogP contribution in [-0.4, -0.2) is 230 Å². The minimum absolute atomic E-state index is 0.0965. The molecule has 97 heavy (non-hydrogen) atoms. The second-order valence-electron chi connectivity index (χ2n) is 19.4. The molecule has 8 heterocycles. The number of methoxy groups -OCH3 is 1. The van der Waals surface area contributed by atoms with E-state index >= 15 is 0 Å². The van der Waals surface area contributed by atoms with Gasteiger partial charge in [-0.15, -0.1) is 0 Å². The van der Waals surface area contributed by atoms with Crippen LogP contribution in [0, 0.1) is 0 Å². The highest BCUT2D eigenvalue weighted by Crippen LogP contribution is 2.31. The van der Waals surface area contributed by atoms with E-state index in [2.05, 4.69) is 28.4 Å². The van der Waals surface area contributed by atoms with Crippen molar-refractivity contribution in [2.75, 3.05) is 113 Å². The predicted molar refractivity (Wildman–Crippen MR) is 289 cm³/mol. The summed E-state index contributed by atoms with van der Waals surface area (Å²) in [5, 5.41) is 8.79. The van der Waals surface area contributed by atoms with Crippen LogP contribution < -0.4 is 0 Å². The second kappa shape index (κ2) is 53.4. The summed E-state index contributed by atoms with van der Waals surface area (Å²) in [6.45, 7) is 16.1. The van der Waals surface area contributed by atoms with E-state index in [1.807, 2.05) is 41.5 Å². The molecule has 588 valence electrons. The van der Waals surface area contributed by atoms with Crippen molar-refractivity contribution in [2.24, 2.45) is 0 Å². The molecule has 8 aliphatic heterocycles. The predicted octanol–water partition coefficient (Wildman–Crippen LogP) is 15.3. The molecule has 0 radical (unpaired) electrons. The fourth-order valence-corrected chi connectivity index (χ4v) is 6.90. The summed E-state index contributed by atoms with van der Waals surface area (Å²) in [4.78, 5) is 0. The van der Waals surface area contributed by atoms with Gasteiger partial charge < -0.3 is 85.6 Å². The van der Waals surface area contributed by atoms with E-state index in [1.54, 1.807) is 0 Å². The maximum atomic E-state index is 11.8. The molecule has 8 fully saturated rings. The molecule has 0 aromatic carbocycles. The smallest absolute Gasteiger partial charge is 0.388 e. The minimum Gasteiger partial charge on any atom is -0.388 e. The summed E-state index contributed by atoms with van der Waals surface area (Å²) in [5.41, 5.74) is 0. The Bertz CT molecular complexity index is 1660. The quantitative estimate of drug-likeness (QED) is 0.215. The topological polar surface area (TPSA) is 177 Å². The standard InChI is InChI=1S/C7H11F3O3.2C7H11F3O2.C6H9F3O3.2C6H9F3O2.2C5H7F3O2.3C2H6/c1-11-5-3-12-6(13-4-5)2-7(8,9)10;2*8-7(9,10)5-6-11-3-1-2-4-12-6;7-6(8,9)1-5-11-2-4(10)3-12-5;2*7-6(8,9)4-5-10-2-1-3-11-5;2*6-5(7,8)3-4-9-1-2-10-4;3*1-2/h5-6H,2-4H2,1H3;2*6H,1-5H2;4-5,10H,1-3H2;2*5H,1-4H2;2*4H,1-3H2;3*1-2H3. The third-order valence-electron chi connectivity index (χ3n) is 10.9. The average Bonchev–Trinajstić information content (AvgIpc) is 1.99. The van der Waals surface area contributed by atoms with E-state index in [1.165, 1.54) is 7.11 Å². The molecule has 0 unspecified atom stereocenters. The van der Waals surface area contributed by atoms with E-state index in [0.29, 0.717) is 65.7 Å². The Balaban J connectivity index is -0.00000103. The highest BCUT2D eigenvalue weighted by molar-refractivity contribution is 4.67. The van der Waals surface area contributed by atoms with Gasteiger partial charge in [-0.3, -0.25) is 0 Å². The zero-order valence-electron chi connectivity index (χ0n) is 54.4. The molecule has 0 atom stereocenters. The molecular weight excluding hydrogens is 1400 g/mol. The molecule has 18 nitrogen and oxygen atoms in total. The van der Waals surface area contributed by atoms with Crippen LogP contribution in [0.15, 0.2) is 0 Å². The Labute approximate surface area is 546 Å². The maximum absolute atomic E-state index is 11.8. The Morgan fingerprint density at radius 3 is 0.546 bits per heavy atom. The van der Waals surface area contributed by atoms with Crippen molar-refractivity contribution in [3.05, 3.63) is 0 Å². The van der Waals surface area contributed by atoms with Crippen molar-refractivity contribution in [1.82, 2.24) is 0 Å². The monoisotopic (exact) mass is 1500 g/mol. The molecule has 0 aromatic rings. The van der Waals surface area contributed by atoms with Gasteiger partial charge in [0.25, 0.3) is 0 Å². The first kappa shape index (κ1) is 98.8. The minimum atomic E-state index is -4.28. The SMILES string of the molecule is CC.CC.CC.COC1COC(CC(F)(F)F)OC1.FC(F)(F)CC1OCCCCO1.FC(F)(F)CC1OCCCCO1.FC(F)(F)CC1OCCCO1.FC(F)(F)CC1OCCCO1.FC(F)(F)CC1OCCO1.FC(F)(F)CC1OCCO1.OC1COC(CC(F)(F)F)OC1. The largest absolute Gasteiger partial charge is 0.393 e. The van der Waals surface area contributed by atoms with Crippen LogP contribution in [0.5, 0.6) is 0 Å². The van der Waals surface area contributed by atoms with Crippen LogP contribution in [0.25, 0.3) is 0 Å². The lowest BCUT2D eigenvalue weighted by Crippen LogP contribution is -2.38. The summed E-state index contributed by atoms with van der Waals surface area (Å²) in [6.07, 6.45) is -47.5. The van der Waals surface area contributed by atoms with Gasteiger partial charge in [0.1, 0.15) is 12.2 Å². The highest BCUT2D eigenvalue weighted by atomic mass is 19.4. The number of aliphatic hydroxyl groups is 1. The van der Waals surface area contributed by atoms with Gasteiger partial charge in [0, 0.05) is 33.5 Å². The van der Waals surface area contributed by atoms with Gasteiger partial charge in [-0.1, -0.05) is 41.5 Å². The molecule has 0 aliphatic carbocycles. The van der Waals surface area contributed by atoms with Gasteiger partial charge in [0.05, 0.1) is 131 Å². The number of alkyl halides is 24. The Morgan fingerprint density at radius 2 is 0.381 bits per heavy atom. The molecule has 0 spiro atoms. The van der Waals surface area contributed by atoms with Crippen LogP contribution in [0.1, 0.15) is 131 Å². The zero-order valence-corrected chi connectivity index (χ0v) is 54.4. The highest BCUT2D eigenvalue weighted by Gasteiger charge is 2.40. The number of hydrogen-bond acceptors (Lipinski definition) is 18. The number of hydrogen-bond donors (Lipinski definition) is 1. The lowest BCUT2D eigenvalue weighted by molar-refractivity contribution is -0.262. The molecule has 1 N–H and O–H groups in total. The summed E-state index contributed by atoms with van der Waals surface area (Å²) >= 11 is 0. The molecule has 8 aliphatic rings. The first-order chi connectivity index (χ1) is 45.0. The van der Waals surface area contributed by atoms with Gasteiger partial charge in [-0.2, -0.15) is 105 Å². The van der Waals surface area contributed by atoms with Gasteiger partial charge in [-0.05, 0) is 38.5 Å². The fraction of sp³-hybridized carbons (Fsp3) is 1.00. The van der Waals surface area contributed by atoms with Crippen molar-refractivity contribution in [3.8, 4) is 0 Å². The number of halogens is 24. The summed E-state index contributed by atoms with van der Waals surface area (Å²) in [6, 6.07) is 0. The molecule has 0 saturated carbocycles. The Morgan fingerprint density at radius 1 is 0.237 bits per heavy atom. The van der Waals surface area contributed by atoms with Crippen LogP contribution in [0.4, 0.5) is 105 Å². The number of aliphatic hydroxyl groups excluding tert-OH is 1. The van der Waals surface area contributed by atoms with E-state index in [9.17, 15) is 105 Å². The third-order valence-corrected chi connectivity index (χ3v) is 10.9. The van der Waals surface area contributed by atoms with Gasteiger partial charge in [0.15, 0.2) is 50.3 Å². The third kappa shape index (κ3) is 67.8. The van der Waals surface area contributed by atoms with Crippen molar-refractivity contribution < 1.29 is 191 Å². The van der Waals surface area contributed by atoms with E-state index < -0.39 is 157 Å². The van der Waals surface area contributed by atoms with Crippen LogP contribution in [0.2, 0.25) is 0 Å². The van der Waals surface area contributed by atoms with Crippen molar-refractivity contribution >= 4 is 0 Å². The van der Waals surface area contributed by atoms with Gasteiger partial charge in [0.2, 0.25) is 0 Å². The van der Waals surface area contributed by atoms with Crippen LogP contribution in [0.3, 0.4) is 0 Å². The molecule has 8 rings (SSSR count). The lowest BCUT2D eigenvalue weighted by Gasteiger charge is -2.28. The fourth-order valence-electron chi connectivity index (χ4n) is 6.90. The van der Waals surface area contributed by atoms with Crippen molar-refractivity contribution in [2.45, 2.75) is 243 Å². The van der Waals surface area contributed by atoms with Crippen molar-refractivity contribution in [3.63, 3.8) is 0 Å². The maximum Gasteiger partial charge on any atom is 0.393 e. The normalized spacial score (nSPS) is 23.3. The van der Waals surface area contributed by atoms with E-state index in [-0.39, 0.29) is 59.0 Å². The molecule has 0 bridgehead atoms. The van der Waals surface area contributed by atoms with E-state index in [0.717, 1.165) is 25.7 Å².